The van der Waals surface area contributed by atoms with Crippen LogP contribution in [-0.2, 0) is 11.3 Å². The third kappa shape index (κ3) is 3.02. The molecule has 1 amide bonds. The van der Waals surface area contributed by atoms with Gasteiger partial charge in [-0.3, -0.25) is 4.90 Å². The first-order valence-corrected chi connectivity index (χ1v) is 8.25. The molecule has 0 bridgehead atoms. The summed E-state index contributed by atoms with van der Waals surface area (Å²) >= 11 is 0. The standard InChI is InChI=1S/C19H20N2O3/c22-19-21-11-10-20(12-17(21)14-24-19)16-6-8-18(9-7-16)23-13-15-4-2-1-3-5-15/h1-9,17H,10-14H2. The summed E-state index contributed by atoms with van der Waals surface area (Å²) < 4.78 is 10.9. The molecule has 0 spiro atoms. The summed E-state index contributed by atoms with van der Waals surface area (Å²) in [6.45, 7) is 3.43. The highest BCUT2D eigenvalue weighted by atomic mass is 16.6. The van der Waals surface area contributed by atoms with Crippen molar-refractivity contribution in [2.45, 2.75) is 12.6 Å². The molecule has 0 saturated carbocycles. The minimum atomic E-state index is -0.177. The number of fused-ring (bicyclic) bond motifs is 1. The molecule has 24 heavy (non-hydrogen) atoms. The number of cyclic esters (lactones) is 1. The third-order valence-corrected chi connectivity index (χ3v) is 4.57. The van der Waals surface area contributed by atoms with Crippen molar-refractivity contribution in [1.82, 2.24) is 4.90 Å². The third-order valence-electron chi connectivity index (χ3n) is 4.57. The molecule has 2 saturated heterocycles. The molecular weight excluding hydrogens is 304 g/mol. The van der Waals surface area contributed by atoms with Crippen molar-refractivity contribution in [3.8, 4) is 5.75 Å². The number of carbonyl (C=O) groups excluding carboxylic acids is 1. The molecule has 0 N–H and O–H groups in total. The van der Waals surface area contributed by atoms with Crippen molar-refractivity contribution in [3.05, 3.63) is 60.2 Å². The van der Waals surface area contributed by atoms with Gasteiger partial charge < -0.3 is 14.4 Å². The maximum absolute atomic E-state index is 11.6. The number of anilines is 1. The van der Waals surface area contributed by atoms with E-state index in [1.54, 1.807) is 0 Å². The van der Waals surface area contributed by atoms with Crippen LogP contribution in [0.3, 0.4) is 0 Å². The fourth-order valence-electron chi connectivity index (χ4n) is 3.22. The van der Waals surface area contributed by atoms with E-state index in [2.05, 4.69) is 29.2 Å². The van der Waals surface area contributed by atoms with E-state index in [1.807, 2.05) is 35.2 Å². The number of ether oxygens (including phenoxy) is 2. The second kappa shape index (κ2) is 6.43. The highest BCUT2D eigenvalue weighted by Gasteiger charge is 2.37. The second-order valence-corrected chi connectivity index (χ2v) is 6.14. The zero-order chi connectivity index (χ0) is 16.4. The quantitative estimate of drug-likeness (QED) is 0.867. The highest BCUT2D eigenvalue weighted by molar-refractivity contribution is 5.71. The molecule has 5 nitrogen and oxygen atoms in total. The lowest BCUT2D eigenvalue weighted by atomic mass is 10.1. The Bertz CT molecular complexity index is 702. The fourth-order valence-corrected chi connectivity index (χ4v) is 3.22. The van der Waals surface area contributed by atoms with Gasteiger partial charge in [0.1, 0.15) is 19.0 Å². The lowest BCUT2D eigenvalue weighted by Gasteiger charge is -2.36. The average molecular weight is 324 g/mol. The number of nitrogens with zero attached hydrogens (tertiary/aromatic N) is 2. The van der Waals surface area contributed by atoms with E-state index in [4.69, 9.17) is 9.47 Å². The first kappa shape index (κ1) is 14.9. The smallest absolute Gasteiger partial charge is 0.410 e. The summed E-state index contributed by atoms with van der Waals surface area (Å²) in [5.74, 6) is 0.862. The van der Waals surface area contributed by atoms with Gasteiger partial charge in [0, 0.05) is 25.3 Å². The molecule has 0 aromatic heterocycles. The zero-order valence-electron chi connectivity index (χ0n) is 13.4. The molecule has 0 radical (unpaired) electrons. The maximum Gasteiger partial charge on any atom is 0.410 e. The van der Waals surface area contributed by atoms with E-state index >= 15 is 0 Å². The van der Waals surface area contributed by atoms with E-state index in [0.29, 0.717) is 13.2 Å². The number of carbonyl (C=O) groups is 1. The SMILES string of the molecule is O=C1OCC2CN(c3ccc(OCc4ccccc4)cc3)CCN12. The number of hydrogen-bond acceptors (Lipinski definition) is 4. The molecular formula is C19H20N2O3. The van der Waals surface area contributed by atoms with Crippen molar-refractivity contribution in [2.75, 3.05) is 31.1 Å². The van der Waals surface area contributed by atoms with E-state index in [9.17, 15) is 4.79 Å². The monoisotopic (exact) mass is 324 g/mol. The van der Waals surface area contributed by atoms with Crippen molar-refractivity contribution in [3.63, 3.8) is 0 Å². The number of amides is 1. The average Bonchev–Trinajstić information content (AvgIpc) is 3.02. The summed E-state index contributed by atoms with van der Waals surface area (Å²) in [5, 5.41) is 0. The molecule has 2 aliphatic heterocycles. The van der Waals surface area contributed by atoms with Gasteiger partial charge in [-0.1, -0.05) is 30.3 Å². The topological polar surface area (TPSA) is 42.0 Å². The zero-order valence-corrected chi connectivity index (χ0v) is 13.4. The normalized spacial score (nSPS) is 19.8. The van der Waals surface area contributed by atoms with Crippen molar-refractivity contribution >= 4 is 11.8 Å². The number of hydrogen-bond donors (Lipinski definition) is 0. The van der Waals surface area contributed by atoms with Crippen LogP contribution >= 0.6 is 0 Å². The predicted octanol–water partition coefficient (Wildman–Crippen LogP) is 2.91. The van der Waals surface area contributed by atoms with E-state index in [1.165, 1.54) is 0 Å². The summed E-state index contributed by atoms with van der Waals surface area (Å²) in [6.07, 6.45) is -0.177. The minimum absolute atomic E-state index is 0.167. The van der Waals surface area contributed by atoms with Crippen LogP contribution in [0.4, 0.5) is 10.5 Å². The summed E-state index contributed by atoms with van der Waals surface area (Å²) in [5.41, 5.74) is 2.31. The Kier molecular flexibility index (Phi) is 3.99. The van der Waals surface area contributed by atoms with Crippen molar-refractivity contribution in [2.24, 2.45) is 0 Å². The molecule has 5 heteroatoms. The van der Waals surface area contributed by atoms with Gasteiger partial charge >= 0.3 is 6.09 Å². The predicted molar refractivity (Wildman–Crippen MR) is 91.3 cm³/mol. The van der Waals surface area contributed by atoms with Crippen LogP contribution < -0.4 is 9.64 Å². The molecule has 2 aliphatic rings. The van der Waals surface area contributed by atoms with Gasteiger partial charge in [0.05, 0.1) is 6.04 Å². The minimum Gasteiger partial charge on any atom is -0.489 e. The Morgan fingerprint density at radius 2 is 1.83 bits per heavy atom. The number of benzene rings is 2. The van der Waals surface area contributed by atoms with Gasteiger partial charge in [0.2, 0.25) is 0 Å². The van der Waals surface area contributed by atoms with E-state index in [0.717, 1.165) is 36.6 Å². The van der Waals surface area contributed by atoms with E-state index < -0.39 is 0 Å². The second-order valence-electron chi connectivity index (χ2n) is 6.14. The summed E-state index contributed by atoms with van der Waals surface area (Å²) in [4.78, 5) is 15.7. The van der Waals surface area contributed by atoms with Gasteiger partial charge in [0.15, 0.2) is 0 Å². The Balaban J connectivity index is 1.36. The van der Waals surface area contributed by atoms with Crippen LogP contribution in [-0.4, -0.2) is 43.3 Å². The van der Waals surface area contributed by atoms with Gasteiger partial charge in [-0.25, -0.2) is 4.79 Å². The lowest BCUT2D eigenvalue weighted by molar-refractivity contribution is 0.157. The van der Waals surface area contributed by atoms with Crippen LogP contribution in [0.15, 0.2) is 54.6 Å². The summed E-state index contributed by atoms with van der Waals surface area (Å²) in [7, 11) is 0. The first-order valence-electron chi connectivity index (χ1n) is 8.25. The Morgan fingerprint density at radius 3 is 2.62 bits per heavy atom. The fraction of sp³-hybridized carbons (Fsp3) is 0.316. The molecule has 1 atom stereocenters. The van der Waals surface area contributed by atoms with Crippen molar-refractivity contribution in [1.29, 1.82) is 0 Å². The van der Waals surface area contributed by atoms with E-state index in [-0.39, 0.29) is 12.1 Å². The Morgan fingerprint density at radius 1 is 1.04 bits per heavy atom. The first-order chi connectivity index (χ1) is 11.8. The Hall–Kier alpha value is -2.69. The molecule has 124 valence electrons. The molecule has 1 unspecified atom stereocenters. The lowest BCUT2D eigenvalue weighted by Crippen LogP contribution is -2.52. The molecule has 2 heterocycles. The molecule has 4 rings (SSSR count). The van der Waals surface area contributed by atoms with Gasteiger partial charge in [0.25, 0.3) is 0 Å². The molecule has 2 fully saturated rings. The summed E-state index contributed by atoms with van der Waals surface area (Å²) in [6, 6.07) is 18.5. The number of piperazine rings is 1. The van der Waals surface area contributed by atoms with Crippen LogP contribution in [0.1, 0.15) is 5.56 Å². The largest absolute Gasteiger partial charge is 0.489 e. The van der Waals surface area contributed by atoms with Gasteiger partial charge in [-0.15, -0.1) is 0 Å². The van der Waals surface area contributed by atoms with Crippen LogP contribution in [0.25, 0.3) is 0 Å². The number of rotatable bonds is 4. The Labute approximate surface area is 141 Å². The van der Waals surface area contributed by atoms with Gasteiger partial charge in [-0.05, 0) is 29.8 Å². The van der Waals surface area contributed by atoms with Gasteiger partial charge in [-0.2, -0.15) is 0 Å². The molecule has 2 aromatic rings. The van der Waals surface area contributed by atoms with Crippen LogP contribution in [0.5, 0.6) is 5.75 Å². The maximum atomic E-state index is 11.6. The molecule has 2 aromatic carbocycles. The van der Waals surface area contributed by atoms with Crippen molar-refractivity contribution < 1.29 is 14.3 Å². The molecule has 0 aliphatic carbocycles. The van der Waals surface area contributed by atoms with Crippen LogP contribution in [0.2, 0.25) is 0 Å². The van der Waals surface area contributed by atoms with Crippen LogP contribution in [0, 0.1) is 0 Å². The highest BCUT2D eigenvalue weighted by Crippen LogP contribution is 2.25.